The number of nitrogens with zero attached hydrogens (tertiary/aromatic N) is 2. The van der Waals surface area contributed by atoms with Crippen LogP contribution in [0.3, 0.4) is 0 Å². The first-order valence-electron chi connectivity index (χ1n) is 5.10. The number of aromatic nitrogens is 2. The number of nitrogens with one attached hydrogen (secondary N) is 1. The van der Waals surface area contributed by atoms with Crippen LogP contribution in [0, 0.1) is 0 Å². The summed E-state index contributed by atoms with van der Waals surface area (Å²) < 4.78 is 1.74. The lowest BCUT2D eigenvalue weighted by Gasteiger charge is -2.03. The summed E-state index contributed by atoms with van der Waals surface area (Å²) in [5.41, 5.74) is 2.24. The van der Waals surface area contributed by atoms with Crippen molar-refractivity contribution in [2.24, 2.45) is 7.05 Å². The SMILES string of the molecule is CCc1nn(C)c(Cl)c1CNCCSC. The van der Waals surface area contributed by atoms with Gasteiger partial charge in [0.25, 0.3) is 0 Å². The second-order valence-electron chi connectivity index (χ2n) is 3.36. The predicted molar refractivity (Wildman–Crippen MR) is 67.7 cm³/mol. The van der Waals surface area contributed by atoms with Crippen LogP contribution in [0.5, 0.6) is 0 Å². The van der Waals surface area contributed by atoms with Gasteiger partial charge < -0.3 is 5.32 Å². The zero-order chi connectivity index (χ0) is 11.3. The van der Waals surface area contributed by atoms with Crippen molar-refractivity contribution in [2.45, 2.75) is 19.9 Å². The van der Waals surface area contributed by atoms with Crippen molar-refractivity contribution < 1.29 is 0 Å². The highest BCUT2D eigenvalue weighted by molar-refractivity contribution is 7.98. The van der Waals surface area contributed by atoms with Crippen LogP contribution >= 0.6 is 23.4 Å². The Morgan fingerprint density at radius 2 is 2.27 bits per heavy atom. The van der Waals surface area contributed by atoms with Gasteiger partial charge in [-0.15, -0.1) is 0 Å². The molecular formula is C10H18ClN3S. The van der Waals surface area contributed by atoms with E-state index in [1.54, 1.807) is 4.68 Å². The van der Waals surface area contributed by atoms with Crippen LogP contribution in [-0.2, 0) is 20.0 Å². The summed E-state index contributed by atoms with van der Waals surface area (Å²) in [6, 6.07) is 0. The Hall–Kier alpha value is -0.190. The lowest BCUT2D eigenvalue weighted by atomic mass is 10.2. The van der Waals surface area contributed by atoms with E-state index in [1.807, 2.05) is 18.8 Å². The Morgan fingerprint density at radius 3 is 2.87 bits per heavy atom. The average Bonchev–Trinajstić information content (AvgIpc) is 2.51. The molecule has 0 unspecified atom stereocenters. The van der Waals surface area contributed by atoms with E-state index in [9.17, 15) is 0 Å². The smallest absolute Gasteiger partial charge is 0.131 e. The molecule has 0 aromatic carbocycles. The lowest BCUT2D eigenvalue weighted by Crippen LogP contribution is -2.17. The van der Waals surface area contributed by atoms with Gasteiger partial charge in [-0.1, -0.05) is 18.5 Å². The van der Waals surface area contributed by atoms with Gasteiger partial charge in [0.1, 0.15) is 5.15 Å². The van der Waals surface area contributed by atoms with E-state index in [4.69, 9.17) is 11.6 Å². The van der Waals surface area contributed by atoms with E-state index in [2.05, 4.69) is 23.6 Å². The molecule has 1 aromatic heterocycles. The van der Waals surface area contributed by atoms with Gasteiger partial charge in [-0.2, -0.15) is 16.9 Å². The molecule has 86 valence electrons. The standard InChI is InChI=1S/C10H18ClN3S/c1-4-9-8(7-12-5-6-15-3)10(11)14(2)13-9/h12H,4-7H2,1-3H3. The molecule has 3 nitrogen and oxygen atoms in total. The number of halogens is 1. The number of hydrogen-bond acceptors (Lipinski definition) is 3. The van der Waals surface area contributed by atoms with Crippen LogP contribution in [0.15, 0.2) is 0 Å². The Kier molecular flexibility index (Phi) is 5.50. The minimum Gasteiger partial charge on any atom is -0.312 e. The maximum Gasteiger partial charge on any atom is 0.131 e. The molecule has 0 saturated heterocycles. The monoisotopic (exact) mass is 247 g/mol. The highest BCUT2D eigenvalue weighted by Crippen LogP contribution is 2.19. The molecule has 0 aliphatic heterocycles. The lowest BCUT2D eigenvalue weighted by molar-refractivity contribution is 0.726. The normalized spacial score (nSPS) is 10.9. The predicted octanol–water partition coefficient (Wildman–Crippen LogP) is 2.09. The third-order valence-corrected chi connectivity index (χ3v) is 3.36. The van der Waals surface area contributed by atoms with E-state index < -0.39 is 0 Å². The van der Waals surface area contributed by atoms with Crippen molar-refractivity contribution in [1.29, 1.82) is 0 Å². The molecule has 0 aliphatic rings. The second-order valence-corrected chi connectivity index (χ2v) is 4.71. The zero-order valence-electron chi connectivity index (χ0n) is 9.51. The second kappa shape index (κ2) is 6.40. The largest absolute Gasteiger partial charge is 0.312 e. The van der Waals surface area contributed by atoms with Crippen LogP contribution in [0.4, 0.5) is 0 Å². The van der Waals surface area contributed by atoms with Crippen LogP contribution < -0.4 is 5.32 Å². The zero-order valence-corrected chi connectivity index (χ0v) is 11.1. The third kappa shape index (κ3) is 3.40. The summed E-state index contributed by atoms with van der Waals surface area (Å²) in [4.78, 5) is 0. The molecule has 15 heavy (non-hydrogen) atoms. The average molecular weight is 248 g/mol. The molecule has 1 heterocycles. The Balaban J connectivity index is 2.58. The minimum atomic E-state index is 0.753. The van der Waals surface area contributed by atoms with Crippen molar-refractivity contribution in [2.75, 3.05) is 18.6 Å². The summed E-state index contributed by atoms with van der Waals surface area (Å²) >= 11 is 8.00. The van der Waals surface area contributed by atoms with Crippen molar-refractivity contribution >= 4 is 23.4 Å². The molecule has 0 atom stereocenters. The quantitative estimate of drug-likeness (QED) is 0.781. The van der Waals surface area contributed by atoms with Gasteiger partial charge in [0.2, 0.25) is 0 Å². The van der Waals surface area contributed by atoms with Gasteiger partial charge >= 0.3 is 0 Å². The van der Waals surface area contributed by atoms with E-state index in [-0.39, 0.29) is 0 Å². The first-order chi connectivity index (χ1) is 7.20. The molecule has 0 aliphatic carbocycles. The summed E-state index contributed by atoms with van der Waals surface area (Å²) in [5, 5.41) is 8.49. The molecule has 0 amide bonds. The first-order valence-corrected chi connectivity index (χ1v) is 6.87. The molecule has 5 heteroatoms. The summed E-state index contributed by atoms with van der Waals surface area (Å²) in [6.45, 7) is 3.93. The highest BCUT2D eigenvalue weighted by atomic mass is 35.5. The van der Waals surface area contributed by atoms with Crippen molar-refractivity contribution in [1.82, 2.24) is 15.1 Å². The van der Waals surface area contributed by atoms with Crippen LogP contribution in [0.25, 0.3) is 0 Å². The first kappa shape index (κ1) is 12.9. The van der Waals surface area contributed by atoms with Gasteiger partial charge in [0.05, 0.1) is 5.69 Å². The summed E-state index contributed by atoms with van der Waals surface area (Å²) in [7, 11) is 1.88. The summed E-state index contributed by atoms with van der Waals surface area (Å²) in [5.74, 6) is 1.12. The van der Waals surface area contributed by atoms with Crippen LogP contribution in [0.1, 0.15) is 18.2 Å². The molecule has 1 aromatic rings. The molecular weight excluding hydrogens is 230 g/mol. The van der Waals surface area contributed by atoms with Gasteiger partial charge in [0.15, 0.2) is 0 Å². The van der Waals surface area contributed by atoms with E-state index in [0.717, 1.165) is 41.7 Å². The molecule has 0 bridgehead atoms. The van der Waals surface area contributed by atoms with Crippen LogP contribution in [-0.4, -0.2) is 28.3 Å². The summed E-state index contributed by atoms with van der Waals surface area (Å²) in [6.07, 6.45) is 3.04. The fraction of sp³-hybridized carbons (Fsp3) is 0.700. The molecule has 0 fully saturated rings. The Bertz CT molecular complexity index is 312. The number of thioether (sulfide) groups is 1. The number of hydrogen-bond donors (Lipinski definition) is 1. The maximum absolute atomic E-state index is 6.16. The molecule has 1 N–H and O–H groups in total. The van der Waals surface area contributed by atoms with E-state index in [1.165, 1.54) is 0 Å². The molecule has 0 saturated carbocycles. The molecule has 1 rings (SSSR count). The van der Waals surface area contributed by atoms with Gasteiger partial charge in [-0.05, 0) is 12.7 Å². The van der Waals surface area contributed by atoms with Crippen molar-refractivity contribution in [3.63, 3.8) is 0 Å². The fourth-order valence-corrected chi connectivity index (χ4v) is 2.01. The minimum absolute atomic E-state index is 0.753. The third-order valence-electron chi connectivity index (χ3n) is 2.27. The van der Waals surface area contributed by atoms with Crippen LogP contribution in [0.2, 0.25) is 5.15 Å². The van der Waals surface area contributed by atoms with Crippen molar-refractivity contribution in [3.8, 4) is 0 Å². The highest BCUT2D eigenvalue weighted by Gasteiger charge is 2.11. The molecule has 0 spiro atoms. The van der Waals surface area contributed by atoms with Crippen molar-refractivity contribution in [3.05, 3.63) is 16.4 Å². The van der Waals surface area contributed by atoms with Gasteiger partial charge in [-0.25, -0.2) is 0 Å². The van der Waals surface area contributed by atoms with Gasteiger partial charge in [-0.3, -0.25) is 4.68 Å². The van der Waals surface area contributed by atoms with Gasteiger partial charge in [0, 0.05) is 31.5 Å². The molecule has 0 radical (unpaired) electrons. The Morgan fingerprint density at radius 1 is 1.53 bits per heavy atom. The van der Waals surface area contributed by atoms with E-state index >= 15 is 0 Å². The number of aryl methyl sites for hydroxylation is 2. The maximum atomic E-state index is 6.16. The number of rotatable bonds is 6. The van der Waals surface area contributed by atoms with E-state index in [0.29, 0.717) is 0 Å². The Labute approximate surface area is 101 Å². The topological polar surface area (TPSA) is 29.9 Å². The fourth-order valence-electron chi connectivity index (χ4n) is 1.45.